The van der Waals surface area contributed by atoms with Crippen molar-refractivity contribution in [1.29, 1.82) is 0 Å². The highest BCUT2D eigenvalue weighted by atomic mass is 35.5. The largest absolute Gasteiger partial charge is 0.358 e. The normalized spacial score (nSPS) is 28.8. The maximum Gasteiger partial charge on any atom is 0.155 e. The van der Waals surface area contributed by atoms with E-state index in [2.05, 4.69) is 5.32 Å². The van der Waals surface area contributed by atoms with Crippen molar-refractivity contribution >= 4 is 17.3 Å². The third kappa shape index (κ3) is 1.04. The lowest BCUT2D eigenvalue weighted by atomic mass is 10.0. The van der Waals surface area contributed by atoms with Gasteiger partial charge in [0.15, 0.2) is 6.23 Å². The van der Waals surface area contributed by atoms with Gasteiger partial charge in [-0.2, -0.15) is 0 Å². The van der Waals surface area contributed by atoms with Gasteiger partial charge in [0.05, 0.1) is 5.02 Å². The molecule has 0 saturated carbocycles. The quantitative estimate of drug-likeness (QED) is 0.648. The van der Waals surface area contributed by atoms with Gasteiger partial charge < -0.3 is 10.1 Å². The van der Waals surface area contributed by atoms with E-state index < -0.39 is 0 Å². The first-order valence-electron chi connectivity index (χ1n) is 4.14. The summed E-state index contributed by atoms with van der Waals surface area (Å²) in [6.45, 7) is 0. The minimum Gasteiger partial charge on any atom is -0.358 e. The van der Waals surface area contributed by atoms with E-state index in [0.717, 1.165) is 11.3 Å². The van der Waals surface area contributed by atoms with Crippen molar-refractivity contribution in [3.8, 4) is 0 Å². The minimum absolute atomic E-state index is 0.119. The molecular formula is C9H7ClFNO. The van der Waals surface area contributed by atoms with Crippen LogP contribution in [0.5, 0.6) is 0 Å². The zero-order chi connectivity index (χ0) is 9.00. The molecular weight excluding hydrogens is 193 g/mol. The van der Waals surface area contributed by atoms with Crippen LogP contribution in [0.1, 0.15) is 5.56 Å². The fourth-order valence-electron chi connectivity index (χ4n) is 1.71. The number of nitrogens with one attached hydrogen (secondary N) is 1. The summed E-state index contributed by atoms with van der Waals surface area (Å²) >= 11 is 5.82. The van der Waals surface area contributed by atoms with Gasteiger partial charge in [-0.15, -0.1) is 0 Å². The Morgan fingerprint density at radius 1 is 1.54 bits per heavy atom. The van der Waals surface area contributed by atoms with Crippen LogP contribution in [0.4, 0.5) is 10.1 Å². The molecule has 3 rings (SSSR count). The second-order valence-electron chi connectivity index (χ2n) is 3.33. The Balaban J connectivity index is 2.13. The molecule has 0 amide bonds. The topological polar surface area (TPSA) is 24.6 Å². The van der Waals surface area contributed by atoms with Crippen LogP contribution in [-0.4, -0.2) is 12.3 Å². The van der Waals surface area contributed by atoms with E-state index in [-0.39, 0.29) is 23.2 Å². The van der Waals surface area contributed by atoms with Crippen molar-refractivity contribution in [2.75, 3.05) is 5.32 Å². The van der Waals surface area contributed by atoms with Crippen LogP contribution >= 0.6 is 11.6 Å². The Hall–Kier alpha value is -0.800. The molecule has 2 nitrogen and oxygen atoms in total. The summed E-state index contributed by atoms with van der Waals surface area (Å²) in [6, 6.07) is 3.07. The molecule has 4 heteroatoms. The van der Waals surface area contributed by atoms with Gasteiger partial charge in [-0.3, -0.25) is 0 Å². The summed E-state index contributed by atoms with van der Waals surface area (Å²) in [5.74, 6) is -0.360. The Morgan fingerprint density at radius 2 is 2.38 bits per heavy atom. The van der Waals surface area contributed by atoms with Crippen molar-refractivity contribution in [2.45, 2.75) is 18.8 Å². The number of halogens is 2. The maximum absolute atomic E-state index is 13.0. The van der Waals surface area contributed by atoms with Crippen molar-refractivity contribution < 1.29 is 9.13 Å². The van der Waals surface area contributed by atoms with Crippen LogP contribution < -0.4 is 5.32 Å². The number of fused-ring (bicyclic) bond motifs is 2. The number of ether oxygens (including phenoxy) is 1. The molecule has 2 atom stereocenters. The number of benzene rings is 1. The second-order valence-corrected chi connectivity index (χ2v) is 3.71. The molecule has 0 aliphatic carbocycles. The number of hydrogen-bond donors (Lipinski definition) is 1. The third-order valence-electron chi connectivity index (χ3n) is 2.48. The molecule has 1 aromatic carbocycles. The summed E-state index contributed by atoms with van der Waals surface area (Å²) in [7, 11) is 0. The highest BCUT2D eigenvalue weighted by Gasteiger charge is 2.43. The van der Waals surface area contributed by atoms with Gasteiger partial charge in [0.2, 0.25) is 0 Å². The van der Waals surface area contributed by atoms with Crippen LogP contribution in [0.25, 0.3) is 0 Å². The first kappa shape index (κ1) is 7.59. The molecule has 0 bridgehead atoms. The zero-order valence-electron chi connectivity index (χ0n) is 6.68. The second kappa shape index (κ2) is 2.36. The molecule has 0 aromatic heterocycles. The van der Waals surface area contributed by atoms with Crippen LogP contribution in [-0.2, 0) is 11.2 Å². The monoisotopic (exact) mass is 199 g/mol. The van der Waals surface area contributed by atoms with Gasteiger partial charge in [-0.05, 0) is 17.7 Å². The lowest BCUT2D eigenvalue weighted by Gasteiger charge is -2.15. The standard InChI is InChI=1S/C9H7ClFNO/c10-8-4-3-7-9(13-7)12-6(4)2-1-5(8)11/h1-2,7,9,12H,3H2. The zero-order valence-corrected chi connectivity index (χ0v) is 7.44. The summed E-state index contributed by atoms with van der Waals surface area (Å²) in [5, 5.41) is 3.35. The molecule has 13 heavy (non-hydrogen) atoms. The van der Waals surface area contributed by atoms with E-state index in [4.69, 9.17) is 16.3 Å². The molecule has 2 unspecified atom stereocenters. The molecule has 1 N–H and O–H groups in total. The smallest absolute Gasteiger partial charge is 0.155 e. The van der Waals surface area contributed by atoms with E-state index in [9.17, 15) is 4.39 Å². The number of anilines is 1. The van der Waals surface area contributed by atoms with E-state index in [1.807, 2.05) is 0 Å². The molecule has 2 heterocycles. The SMILES string of the molecule is Fc1ccc2c(c1Cl)CC1OC1N2. The van der Waals surface area contributed by atoms with Crippen LogP contribution in [0, 0.1) is 5.82 Å². The number of hydrogen-bond acceptors (Lipinski definition) is 2. The molecule has 2 aliphatic rings. The lowest BCUT2D eigenvalue weighted by Crippen LogP contribution is -2.17. The van der Waals surface area contributed by atoms with E-state index >= 15 is 0 Å². The molecule has 0 spiro atoms. The average Bonchev–Trinajstić information content (AvgIpc) is 2.87. The highest BCUT2D eigenvalue weighted by molar-refractivity contribution is 6.32. The van der Waals surface area contributed by atoms with Crippen LogP contribution in [0.3, 0.4) is 0 Å². The summed E-state index contributed by atoms with van der Waals surface area (Å²) in [5.41, 5.74) is 1.73. The van der Waals surface area contributed by atoms with Crippen LogP contribution in [0.15, 0.2) is 12.1 Å². The predicted octanol–water partition coefficient (Wildman–Crippen LogP) is 2.17. The van der Waals surface area contributed by atoms with E-state index in [0.29, 0.717) is 6.42 Å². The molecule has 1 saturated heterocycles. The minimum atomic E-state index is -0.360. The van der Waals surface area contributed by atoms with Crippen LogP contribution in [0.2, 0.25) is 5.02 Å². The molecule has 1 fully saturated rings. The van der Waals surface area contributed by atoms with E-state index in [1.165, 1.54) is 6.07 Å². The Labute approximate surface area is 79.6 Å². The first-order chi connectivity index (χ1) is 6.25. The molecule has 2 aliphatic heterocycles. The third-order valence-corrected chi connectivity index (χ3v) is 2.89. The maximum atomic E-state index is 13.0. The van der Waals surface area contributed by atoms with Crippen molar-refractivity contribution in [1.82, 2.24) is 0 Å². The van der Waals surface area contributed by atoms with Crippen molar-refractivity contribution in [3.63, 3.8) is 0 Å². The highest BCUT2D eigenvalue weighted by Crippen LogP contribution is 2.39. The van der Waals surface area contributed by atoms with Gasteiger partial charge in [-0.25, -0.2) is 4.39 Å². The Kier molecular flexibility index (Phi) is 1.38. The van der Waals surface area contributed by atoms with Gasteiger partial charge in [-0.1, -0.05) is 11.6 Å². The fourth-order valence-corrected chi connectivity index (χ4v) is 1.95. The van der Waals surface area contributed by atoms with Crippen molar-refractivity contribution in [3.05, 3.63) is 28.5 Å². The lowest BCUT2D eigenvalue weighted by molar-refractivity contribution is 0.385. The number of epoxide rings is 1. The summed E-state index contributed by atoms with van der Waals surface area (Å²) in [4.78, 5) is 0. The summed E-state index contributed by atoms with van der Waals surface area (Å²) < 4.78 is 18.3. The van der Waals surface area contributed by atoms with E-state index in [1.54, 1.807) is 6.07 Å². The Morgan fingerprint density at radius 3 is 3.23 bits per heavy atom. The van der Waals surface area contributed by atoms with Gasteiger partial charge >= 0.3 is 0 Å². The molecule has 1 aromatic rings. The average molecular weight is 200 g/mol. The van der Waals surface area contributed by atoms with Gasteiger partial charge in [0.25, 0.3) is 0 Å². The number of rotatable bonds is 0. The Bertz CT molecular complexity index is 382. The predicted molar refractivity (Wildman–Crippen MR) is 47.4 cm³/mol. The molecule has 0 radical (unpaired) electrons. The molecule has 68 valence electrons. The van der Waals surface area contributed by atoms with Crippen molar-refractivity contribution in [2.24, 2.45) is 0 Å². The summed E-state index contributed by atoms with van der Waals surface area (Å²) in [6.07, 6.45) is 1.02. The van der Waals surface area contributed by atoms with Gasteiger partial charge in [0.1, 0.15) is 11.9 Å². The first-order valence-corrected chi connectivity index (χ1v) is 4.52. The fraction of sp³-hybridized carbons (Fsp3) is 0.333. The van der Waals surface area contributed by atoms with Gasteiger partial charge in [0, 0.05) is 12.1 Å².